The van der Waals surface area contributed by atoms with Crippen LogP contribution in [-0.2, 0) is 16.0 Å². The third-order valence-electron chi connectivity index (χ3n) is 4.67. The molecule has 0 radical (unpaired) electrons. The Labute approximate surface area is 156 Å². The predicted molar refractivity (Wildman–Crippen MR) is 100 cm³/mol. The lowest BCUT2D eigenvalue weighted by molar-refractivity contribution is -0.143. The Morgan fingerprint density at radius 1 is 0.815 bits per heavy atom. The maximum Gasteiger partial charge on any atom is 0.310 e. The minimum absolute atomic E-state index is 0.0188. The molecule has 0 atom stereocenters. The van der Waals surface area contributed by atoms with Crippen LogP contribution in [-0.4, -0.2) is 35.8 Å². The van der Waals surface area contributed by atoms with Crippen molar-refractivity contribution in [2.24, 2.45) is 0 Å². The van der Waals surface area contributed by atoms with Crippen LogP contribution < -0.4 is 0 Å². The summed E-state index contributed by atoms with van der Waals surface area (Å²) >= 11 is 0. The second kappa shape index (κ2) is 7.03. The lowest BCUT2D eigenvalue weighted by Gasteiger charge is -2.14. The molecule has 0 N–H and O–H groups in total. The number of esters is 1. The van der Waals surface area contributed by atoms with Gasteiger partial charge in [-0.3, -0.25) is 19.3 Å². The summed E-state index contributed by atoms with van der Waals surface area (Å²) in [6.45, 7) is 0.0304. The molecule has 2 amide bonds. The van der Waals surface area contributed by atoms with E-state index >= 15 is 0 Å². The van der Waals surface area contributed by atoms with Crippen molar-refractivity contribution in [2.45, 2.75) is 6.42 Å². The average Bonchev–Trinajstić information content (AvgIpc) is 2.93. The summed E-state index contributed by atoms with van der Waals surface area (Å²) in [5, 5.41) is 2.08. The van der Waals surface area contributed by atoms with Crippen molar-refractivity contribution in [2.75, 3.05) is 13.2 Å². The summed E-state index contributed by atoms with van der Waals surface area (Å²) in [5.74, 6) is -1.08. The SMILES string of the molecule is O=C(Cc1cccc2ccccc12)OCCN1C(=O)c2ccccc2C1=O. The summed E-state index contributed by atoms with van der Waals surface area (Å²) in [6.07, 6.45) is 0.142. The van der Waals surface area contributed by atoms with Crippen LogP contribution >= 0.6 is 0 Å². The van der Waals surface area contributed by atoms with Gasteiger partial charge >= 0.3 is 5.97 Å². The van der Waals surface area contributed by atoms with Gasteiger partial charge in [0.15, 0.2) is 0 Å². The molecule has 0 saturated carbocycles. The smallest absolute Gasteiger partial charge is 0.310 e. The predicted octanol–water partition coefficient (Wildman–Crippen LogP) is 3.22. The van der Waals surface area contributed by atoms with E-state index in [4.69, 9.17) is 4.74 Å². The van der Waals surface area contributed by atoms with Gasteiger partial charge in [0, 0.05) is 0 Å². The van der Waals surface area contributed by atoms with Gasteiger partial charge in [0.1, 0.15) is 6.61 Å². The first-order chi connectivity index (χ1) is 13.1. The van der Waals surface area contributed by atoms with Gasteiger partial charge in [-0.05, 0) is 28.5 Å². The van der Waals surface area contributed by atoms with Crippen LogP contribution in [0.4, 0.5) is 0 Å². The Morgan fingerprint density at radius 3 is 2.19 bits per heavy atom. The zero-order chi connectivity index (χ0) is 18.8. The highest BCUT2D eigenvalue weighted by Gasteiger charge is 2.34. The van der Waals surface area contributed by atoms with Gasteiger partial charge in [-0.2, -0.15) is 0 Å². The maximum atomic E-state index is 12.3. The van der Waals surface area contributed by atoms with Gasteiger partial charge in [0.25, 0.3) is 11.8 Å². The third kappa shape index (κ3) is 3.19. The molecule has 0 unspecified atom stereocenters. The second-order valence-electron chi connectivity index (χ2n) is 6.34. The van der Waals surface area contributed by atoms with Crippen LogP contribution in [0.15, 0.2) is 66.7 Å². The van der Waals surface area contributed by atoms with E-state index in [-0.39, 0.29) is 37.4 Å². The molecule has 0 spiro atoms. The van der Waals surface area contributed by atoms with Gasteiger partial charge in [0.05, 0.1) is 24.1 Å². The number of amides is 2. The minimum Gasteiger partial charge on any atom is -0.464 e. The molecule has 0 fully saturated rings. The Hall–Kier alpha value is -3.47. The van der Waals surface area contributed by atoms with E-state index in [1.165, 1.54) is 0 Å². The molecule has 5 nitrogen and oxygen atoms in total. The fourth-order valence-electron chi connectivity index (χ4n) is 3.35. The quantitative estimate of drug-likeness (QED) is 0.518. The number of carbonyl (C=O) groups is 3. The Kier molecular flexibility index (Phi) is 4.42. The van der Waals surface area contributed by atoms with Crippen LogP contribution in [0.25, 0.3) is 10.8 Å². The molecule has 0 aromatic heterocycles. The summed E-state index contributed by atoms with van der Waals surface area (Å²) in [4.78, 5) is 37.9. The number of benzene rings is 3. The maximum absolute atomic E-state index is 12.3. The van der Waals surface area contributed by atoms with Crippen LogP contribution in [0.1, 0.15) is 26.3 Å². The highest BCUT2D eigenvalue weighted by molar-refractivity contribution is 6.21. The van der Waals surface area contributed by atoms with Crippen molar-refractivity contribution in [1.29, 1.82) is 0 Å². The number of hydrogen-bond donors (Lipinski definition) is 0. The van der Waals surface area contributed by atoms with Crippen LogP contribution in [0.5, 0.6) is 0 Å². The summed E-state index contributed by atoms with van der Waals surface area (Å²) < 4.78 is 5.27. The molecule has 0 aliphatic carbocycles. The minimum atomic E-state index is -0.386. The molecule has 1 aliphatic rings. The van der Waals surface area contributed by atoms with Gasteiger partial charge in [0.2, 0.25) is 0 Å². The molecule has 134 valence electrons. The lowest BCUT2D eigenvalue weighted by Crippen LogP contribution is -2.33. The highest BCUT2D eigenvalue weighted by atomic mass is 16.5. The van der Waals surface area contributed by atoms with Crippen molar-refractivity contribution in [3.63, 3.8) is 0 Å². The number of imide groups is 1. The zero-order valence-electron chi connectivity index (χ0n) is 14.6. The van der Waals surface area contributed by atoms with E-state index in [2.05, 4.69) is 0 Å². The number of hydrogen-bond acceptors (Lipinski definition) is 4. The molecule has 4 rings (SSSR count). The fraction of sp³-hybridized carbons (Fsp3) is 0.136. The number of carbonyl (C=O) groups excluding carboxylic acids is 3. The second-order valence-corrected chi connectivity index (χ2v) is 6.34. The fourth-order valence-corrected chi connectivity index (χ4v) is 3.35. The van der Waals surface area contributed by atoms with Crippen molar-refractivity contribution in [3.8, 4) is 0 Å². The van der Waals surface area contributed by atoms with Gasteiger partial charge in [-0.1, -0.05) is 54.6 Å². The highest BCUT2D eigenvalue weighted by Crippen LogP contribution is 2.22. The molecule has 5 heteroatoms. The van der Waals surface area contributed by atoms with E-state index in [0.717, 1.165) is 21.2 Å². The number of fused-ring (bicyclic) bond motifs is 2. The van der Waals surface area contributed by atoms with Gasteiger partial charge in [-0.15, -0.1) is 0 Å². The van der Waals surface area contributed by atoms with Crippen molar-refractivity contribution in [1.82, 2.24) is 4.90 Å². The first-order valence-electron chi connectivity index (χ1n) is 8.72. The normalized spacial score (nSPS) is 13.1. The molecule has 1 heterocycles. The van der Waals surface area contributed by atoms with Crippen molar-refractivity contribution < 1.29 is 19.1 Å². The van der Waals surface area contributed by atoms with E-state index in [9.17, 15) is 14.4 Å². The van der Waals surface area contributed by atoms with Crippen molar-refractivity contribution in [3.05, 3.63) is 83.4 Å². The Balaban J connectivity index is 1.37. The Morgan fingerprint density at radius 2 is 1.44 bits per heavy atom. The third-order valence-corrected chi connectivity index (χ3v) is 4.67. The lowest BCUT2D eigenvalue weighted by atomic mass is 10.0. The van der Waals surface area contributed by atoms with Crippen LogP contribution in [0.3, 0.4) is 0 Å². The first kappa shape index (κ1) is 17.0. The largest absolute Gasteiger partial charge is 0.464 e. The standard InChI is InChI=1S/C22H17NO4/c24-20(14-16-8-5-7-15-6-1-2-9-17(15)16)27-13-12-23-21(25)18-10-3-4-11-19(18)22(23)26/h1-11H,12-14H2. The van der Waals surface area contributed by atoms with E-state index < -0.39 is 0 Å². The van der Waals surface area contributed by atoms with Gasteiger partial charge in [-0.25, -0.2) is 0 Å². The van der Waals surface area contributed by atoms with E-state index in [1.807, 2.05) is 42.5 Å². The molecule has 0 saturated heterocycles. The summed E-state index contributed by atoms with van der Waals surface area (Å²) in [5.41, 5.74) is 1.67. The van der Waals surface area contributed by atoms with Crippen molar-refractivity contribution >= 4 is 28.6 Å². The van der Waals surface area contributed by atoms with E-state index in [0.29, 0.717) is 11.1 Å². The molecule has 27 heavy (non-hydrogen) atoms. The molecule has 0 bridgehead atoms. The molecule has 1 aliphatic heterocycles. The molecular formula is C22H17NO4. The van der Waals surface area contributed by atoms with Crippen LogP contribution in [0.2, 0.25) is 0 Å². The summed E-state index contributed by atoms with van der Waals surface area (Å²) in [7, 11) is 0. The Bertz CT molecular complexity index is 1020. The topological polar surface area (TPSA) is 63.7 Å². The van der Waals surface area contributed by atoms with Crippen LogP contribution in [0, 0.1) is 0 Å². The zero-order valence-corrected chi connectivity index (χ0v) is 14.6. The number of ether oxygens (including phenoxy) is 1. The molecule has 3 aromatic carbocycles. The van der Waals surface area contributed by atoms with E-state index in [1.54, 1.807) is 24.3 Å². The molecular weight excluding hydrogens is 342 g/mol. The first-order valence-corrected chi connectivity index (χ1v) is 8.72. The summed E-state index contributed by atoms with van der Waals surface area (Å²) in [6, 6.07) is 20.3. The average molecular weight is 359 g/mol. The number of rotatable bonds is 5. The number of nitrogens with zero attached hydrogens (tertiary/aromatic N) is 1. The molecule has 3 aromatic rings. The van der Waals surface area contributed by atoms with Gasteiger partial charge < -0.3 is 4.74 Å². The monoisotopic (exact) mass is 359 g/mol.